The van der Waals surface area contributed by atoms with Crippen LogP contribution in [0.15, 0.2) is 0 Å². The summed E-state index contributed by atoms with van der Waals surface area (Å²) in [5, 5.41) is 13.1. The number of aliphatic hydroxyl groups is 1. The molecule has 1 aliphatic carbocycles. The van der Waals surface area contributed by atoms with Crippen LogP contribution in [0.1, 0.15) is 33.6 Å². The van der Waals surface area contributed by atoms with Crippen molar-refractivity contribution in [1.29, 1.82) is 0 Å². The maximum absolute atomic E-state index is 9.47. The van der Waals surface area contributed by atoms with Gasteiger partial charge in [-0.1, -0.05) is 13.3 Å². The van der Waals surface area contributed by atoms with Crippen LogP contribution in [0.25, 0.3) is 0 Å². The number of fused-ring (bicyclic) bond motifs is 1. The molecule has 0 amide bonds. The van der Waals surface area contributed by atoms with E-state index in [1.165, 1.54) is 12.8 Å². The lowest BCUT2D eigenvalue weighted by molar-refractivity contribution is 0.134. The molecule has 1 aliphatic heterocycles. The average molecular weight is 197 g/mol. The molecule has 0 bridgehead atoms. The summed E-state index contributed by atoms with van der Waals surface area (Å²) in [5.74, 6) is 3.00. The lowest BCUT2D eigenvalue weighted by atomic mass is 9.82. The Kier molecular flexibility index (Phi) is 2.85. The molecular weight excluding hydrogens is 174 g/mol. The Balaban J connectivity index is 2.13. The van der Waals surface area contributed by atoms with Crippen LogP contribution < -0.4 is 5.32 Å². The SMILES string of the molecule is CCC1C2C[C@H]2C(C)N[C@H](C)C1CO. The van der Waals surface area contributed by atoms with E-state index in [4.69, 9.17) is 0 Å². The summed E-state index contributed by atoms with van der Waals surface area (Å²) in [6.45, 7) is 7.15. The molecule has 82 valence electrons. The highest BCUT2D eigenvalue weighted by Crippen LogP contribution is 2.52. The van der Waals surface area contributed by atoms with Gasteiger partial charge in [-0.15, -0.1) is 0 Å². The molecule has 0 aromatic rings. The monoisotopic (exact) mass is 197 g/mol. The van der Waals surface area contributed by atoms with Crippen molar-refractivity contribution < 1.29 is 5.11 Å². The highest BCUT2D eigenvalue weighted by molar-refractivity contribution is 5.03. The van der Waals surface area contributed by atoms with E-state index in [0.717, 1.165) is 17.8 Å². The van der Waals surface area contributed by atoms with Gasteiger partial charge in [-0.2, -0.15) is 0 Å². The normalized spacial score (nSPS) is 52.3. The van der Waals surface area contributed by atoms with Crippen LogP contribution in [-0.4, -0.2) is 23.8 Å². The smallest absolute Gasteiger partial charge is 0.0476 e. The maximum Gasteiger partial charge on any atom is 0.0476 e. The molecule has 2 aliphatic rings. The Hall–Kier alpha value is -0.0800. The number of nitrogens with one attached hydrogen (secondary N) is 1. The van der Waals surface area contributed by atoms with Crippen molar-refractivity contribution in [2.24, 2.45) is 23.7 Å². The second kappa shape index (κ2) is 3.82. The van der Waals surface area contributed by atoms with Crippen LogP contribution >= 0.6 is 0 Å². The standard InChI is InChI=1S/C12H23NO/c1-4-9-11-5-10(11)7(2)13-8(3)12(9)6-14/h7-14H,4-6H2,1-3H3/t7?,8-,9?,10+,11?,12?/m1/s1. The third-order valence-corrected chi connectivity index (χ3v) is 4.48. The highest BCUT2D eigenvalue weighted by Gasteiger charge is 2.50. The van der Waals surface area contributed by atoms with Gasteiger partial charge in [-0.05, 0) is 38.0 Å². The van der Waals surface area contributed by atoms with Gasteiger partial charge in [0.1, 0.15) is 0 Å². The van der Waals surface area contributed by atoms with Gasteiger partial charge in [0.05, 0.1) is 0 Å². The first-order chi connectivity index (χ1) is 6.69. The molecule has 2 N–H and O–H groups in total. The molecule has 1 saturated carbocycles. The summed E-state index contributed by atoms with van der Waals surface area (Å²) in [4.78, 5) is 0. The third-order valence-electron chi connectivity index (χ3n) is 4.48. The quantitative estimate of drug-likeness (QED) is 0.705. The van der Waals surface area contributed by atoms with Crippen LogP contribution in [-0.2, 0) is 0 Å². The van der Waals surface area contributed by atoms with Crippen molar-refractivity contribution >= 4 is 0 Å². The zero-order valence-electron chi connectivity index (χ0n) is 9.53. The molecule has 4 unspecified atom stereocenters. The molecule has 2 fully saturated rings. The molecule has 1 heterocycles. The molecular formula is C12H23NO. The summed E-state index contributed by atoms with van der Waals surface area (Å²) in [6.07, 6.45) is 2.61. The second-order valence-electron chi connectivity index (χ2n) is 5.23. The lowest BCUT2D eigenvalue weighted by Gasteiger charge is -2.29. The largest absolute Gasteiger partial charge is 0.396 e. The molecule has 0 aromatic heterocycles. The molecule has 0 radical (unpaired) electrons. The van der Waals surface area contributed by atoms with Crippen LogP contribution in [0.3, 0.4) is 0 Å². The van der Waals surface area contributed by atoms with E-state index in [9.17, 15) is 5.11 Å². The van der Waals surface area contributed by atoms with Crippen molar-refractivity contribution in [3.8, 4) is 0 Å². The van der Waals surface area contributed by atoms with Gasteiger partial charge < -0.3 is 10.4 Å². The second-order valence-corrected chi connectivity index (χ2v) is 5.23. The van der Waals surface area contributed by atoms with Crippen LogP contribution in [0.4, 0.5) is 0 Å². The highest BCUT2D eigenvalue weighted by atomic mass is 16.3. The van der Waals surface area contributed by atoms with Crippen molar-refractivity contribution in [3.05, 3.63) is 0 Å². The first-order valence-electron chi connectivity index (χ1n) is 6.06. The van der Waals surface area contributed by atoms with Crippen molar-refractivity contribution in [2.45, 2.75) is 45.7 Å². The van der Waals surface area contributed by atoms with E-state index < -0.39 is 0 Å². The molecule has 0 spiro atoms. The Labute approximate surface area is 87.1 Å². The van der Waals surface area contributed by atoms with Crippen molar-refractivity contribution in [2.75, 3.05) is 6.61 Å². The Morgan fingerprint density at radius 2 is 1.86 bits per heavy atom. The van der Waals surface area contributed by atoms with Crippen molar-refractivity contribution in [3.63, 3.8) is 0 Å². The molecule has 6 atom stereocenters. The van der Waals surface area contributed by atoms with Gasteiger partial charge in [0.25, 0.3) is 0 Å². The number of rotatable bonds is 2. The summed E-state index contributed by atoms with van der Waals surface area (Å²) in [6, 6.07) is 1.13. The van der Waals surface area contributed by atoms with E-state index in [0.29, 0.717) is 24.6 Å². The molecule has 2 nitrogen and oxygen atoms in total. The summed E-state index contributed by atoms with van der Waals surface area (Å²) in [7, 11) is 0. The van der Waals surface area contributed by atoms with Crippen LogP contribution in [0.2, 0.25) is 0 Å². The minimum absolute atomic E-state index is 0.350. The summed E-state index contributed by atoms with van der Waals surface area (Å²) < 4.78 is 0. The molecule has 1 saturated heterocycles. The minimum atomic E-state index is 0.350. The average Bonchev–Trinajstić information content (AvgIpc) is 2.91. The number of aliphatic hydroxyl groups excluding tert-OH is 1. The number of hydrogen-bond acceptors (Lipinski definition) is 2. The topological polar surface area (TPSA) is 32.3 Å². The zero-order valence-corrected chi connectivity index (χ0v) is 9.53. The van der Waals surface area contributed by atoms with E-state index in [1.54, 1.807) is 0 Å². The minimum Gasteiger partial charge on any atom is -0.396 e. The fourth-order valence-electron chi connectivity index (χ4n) is 3.55. The summed E-state index contributed by atoms with van der Waals surface area (Å²) in [5.41, 5.74) is 0. The predicted molar refractivity (Wildman–Crippen MR) is 58.0 cm³/mol. The van der Waals surface area contributed by atoms with Gasteiger partial charge in [0.2, 0.25) is 0 Å². The first kappa shape index (κ1) is 10.4. The van der Waals surface area contributed by atoms with E-state index in [-0.39, 0.29) is 0 Å². The number of hydrogen-bond donors (Lipinski definition) is 2. The van der Waals surface area contributed by atoms with Crippen LogP contribution in [0.5, 0.6) is 0 Å². The van der Waals surface area contributed by atoms with Gasteiger partial charge in [-0.25, -0.2) is 0 Å². The molecule has 2 heteroatoms. The molecule has 14 heavy (non-hydrogen) atoms. The fraction of sp³-hybridized carbons (Fsp3) is 1.00. The molecule has 0 aromatic carbocycles. The predicted octanol–water partition coefficient (Wildman–Crippen LogP) is 1.64. The maximum atomic E-state index is 9.47. The van der Waals surface area contributed by atoms with Gasteiger partial charge in [-0.3, -0.25) is 0 Å². The third kappa shape index (κ3) is 1.59. The zero-order chi connectivity index (χ0) is 10.3. The molecule has 2 rings (SSSR count). The van der Waals surface area contributed by atoms with E-state index >= 15 is 0 Å². The van der Waals surface area contributed by atoms with Gasteiger partial charge >= 0.3 is 0 Å². The Bertz CT molecular complexity index is 198. The first-order valence-corrected chi connectivity index (χ1v) is 6.06. The van der Waals surface area contributed by atoms with Crippen molar-refractivity contribution in [1.82, 2.24) is 5.32 Å². The summed E-state index contributed by atoms with van der Waals surface area (Å²) >= 11 is 0. The van der Waals surface area contributed by atoms with Crippen LogP contribution in [0, 0.1) is 23.7 Å². The lowest BCUT2D eigenvalue weighted by Crippen LogP contribution is -2.42. The van der Waals surface area contributed by atoms with Gasteiger partial charge in [0, 0.05) is 24.6 Å². The fourth-order valence-corrected chi connectivity index (χ4v) is 3.55. The van der Waals surface area contributed by atoms with E-state index in [1.807, 2.05) is 0 Å². The van der Waals surface area contributed by atoms with E-state index in [2.05, 4.69) is 26.1 Å². The Morgan fingerprint density at radius 3 is 2.43 bits per heavy atom. The van der Waals surface area contributed by atoms with Gasteiger partial charge in [0.15, 0.2) is 0 Å². The Morgan fingerprint density at radius 1 is 1.14 bits per heavy atom.